The molecule has 0 radical (unpaired) electrons. The maximum atomic E-state index is 12.8. The monoisotopic (exact) mass is 313 g/mol. The van der Waals surface area contributed by atoms with Gasteiger partial charge in [-0.2, -0.15) is 4.31 Å². The summed E-state index contributed by atoms with van der Waals surface area (Å²) >= 11 is 0. The number of rotatable bonds is 6. The van der Waals surface area contributed by atoms with Crippen molar-refractivity contribution in [2.24, 2.45) is 0 Å². The van der Waals surface area contributed by atoms with Crippen LogP contribution in [0.2, 0.25) is 0 Å². The van der Waals surface area contributed by atoms with Gasteiger partial charge in [-0.05, 0) is 36.0 Å². The van der Waals surface area contributed by atoms with Gasteiger partial charge in [0.25, 0.3) is 0 Å². The fourth-order valence-electron chi connectivity index (χ4n) is 2.20. The SMILES string of the molecule is CCCN(CCO)S(=O)(=O)c1cc(C(C)(C)C)ccc1C. The highest BCUT2D eigenvalue weighted by Gasteiger charge is 2.26. The van der Waals surface area contributed by atoms with Crippen LogP contribution in [0.1, 0.15) is 45.2 Å². The van der Waals surface area contributed by atoms with Crippen LogP contribution in [0.25, 0.3) is 0 Å². The van der Waals surface area contributed by atoms with E-state index in [9.17, 15) is 8.42 Å². The van der Waals surface area contributed by atoms with Crippen molar-refractivity contribution in [3.8, 4) is 0 Å². The molecule has 0 atom stereocenters. The molecule has 0 aliphatic heterocycles. The molecule has 0 aromatic heterocycles. The summed E-state index contributed by atoms with van der Waals surface area (Å²) < 4.78 is 27.0. The molecule has 21 heavy (non-hydrogen) atoms. The number of sulfonamides is 1. The minimum absolute atomic E-state index is 0.107. The standard InChI is InChI=1S/C16H27NO3S/c1-6-9-17(10-11-18)21(19,20)15-12-14(16(3,4)5)8-7-13(15)2/h7-8,12,18H,6,9-11H2,1-5H3. The second-order valence-corrected chi connectivity index (χ2v) is 8.26. The molecule has 0 amide bonds. The Balaban J connectivity index is 3.35. The number of aliphatic hydroxyl groups excluding tert-OH is 1. The highest BCUT2D eigenvalue weighted by molar-refractivity contribution is 7.89. The Morgan fingerprint density at radius 2 is 1.81 bits per heavy atom. The predicted molar refractivity (Wildman–Crippen MR) is 86.0 cm³/mol. The zero-order valence-electron chi connectivity index (χ0n) is 13.7. The van der Waals surface area contributed by atoms with Crippen LogP contribution in [0.4, 0.5) is 0 Å². The first-order valence-electron chi connectivity index (χ1n) is 7.36. The van der Waals surface area contributed by atoms with Gasteiger partial charge in [0.1, 0.15) is 0 Å². The highest BCUT2D eigenvalue weighted by Crippen LogP contribution is 2.28. The summed E-state index contributed by atoms with van der Waals surface area (Å²) in [5.74, 6) is 0. The van der Waals surface area contributed by atoms with Gasteiger partial charge >= 0.3 is 0 Å². The molecule has 0 saturated carbocycles. The Labute approximate surface area is 128 Å². The second-order valence-electron chi connectivity index (χ2n) is 6.36. The van der Waals surface area contributed by atoms with E-state index in [4.69, 9.17) is 5.11 Å². The summed E-state index contributed by atoms with van der Waals surface area (Å²) in [6.45, 7) is 10.3. The van der Waals surface area contributed by atoms with E-state index < -0.39 is 10.0 Å². The van der Waals surface area contributed by atoms with Gasteiger partial charge in [0.2, 0.25) is 10.0 Å². The van der Waals surface area contributed by atoms with Crippen molar-refractivity contribution in [1.82, 2.24) is 4.31 Å². The maximum absolute atomic E-state index is 12.8. The fraction of sp³-hybridized carbons (Fsp3) is 0.625. The van der Waals surface area contributed by atoms with Crippen molar-refractivity contribution >= 4 is 10.0 Å². The lowest BCUT2D eigenvalue weighted by atomic mass is 9.87. The quantitative estimate of drug-likeness (QED) is 0.878. The first-order chi connectivity index (χ1) is 9.64. The minimum atomic E-state index is -3.57. The van der Waals surface area contributed by atoms with E-state index in [1.165, 1.54) is 4.31 Å². The molecule has 0 bridgehead atoms. The molecule has 4 nitrogen and oxygen atoms in total. The Morgan fingerprint density at radius 3 is 2.29 bits per heavy atom. The van der Waals surface area contributed by atoms with Crippen LogP contribution in [-0.4, -0.2) is 37.5 Å². The van der Waals surface area contributed by atoms with Gasteiger partial charge in [-0.25, -0.2) is 8.42 Å². The maximum Gasteiger partial charge on any atom is 0.243 e. The Kier molecular flexibility index (Phi) is 5.96. The van der Waals surface area contributed by atoms with E-state index in [0.29, 0.717) is 11.4 Å². The number of hydrogen-bond acceptors (Lipinski definition) is 3. The molecule has 1 N–H and O–H groups in total. The summed E-state index contributed by atoms with van der Waals surface area (Å²) in [6.07, 6.45) is 0.719. The lowest BCUT2D eigenvalue weighted by Gasteiger charge is -2.24. The van der Waals surface area contributed by atoms with E-state index in [2.05, 4.69) is 20.8 Å². The number of hydrogen-bond donors (Lipinski definition) is 1. The largest absolute Gasteiger partial charge is 0.395 e. The molecule has 0 fully saturated rings. The van der Waals surface area contributed by atoms with Crippen LogP contribution in [0.5, 0.6) is 0 Å². The zero-order chi connectivity index (χ0) is 16.3. The number of nitrogens with zero attached hydrogens (tertiary/aromatic N) is 1. The summed E-state index contributed by atoms with van der Waals surface area (Å²) in [4.78, 5) is 0.344. The third-order valence-corrected chi connectivity index (χ3v) is 5.54. The number of aliphatic hydroxyl groups is 1. The summed E-state index contributed by atoms with van der Waals surface area (Å²) in [5, 5.41) is 9.12. The van der Waals surface area contributed by atoms with Gasteiger partial charge in [-0.1, -0.05) is 39.8 Å². The van der Waals surface area contributed by atoms with Crippen LogP contribution >= 0.6 is 0 Å². The van der Waals surface area contributed by atoms with E-state index in [0.717, 1.165) is 17.5 Å². The van der Waals surface area contributed by atoms with Crippen molar-refractivity contribution in [1.29, 1.82) is 0 Å². The van der Waals surface area contributed by atoms with Crippen molar-refractivity contribution < 1.29 is 13.5 Å². The van der Waals surface area contributed by atoms with Gasteiger partial charge in [-0.3, -0.25) is 0 Å². The summed E-state index contributed by atoms with van der Waals surface area (Å²) in [7, 11) is -3.57. The molecule has 0 aliphatic carbocycles. The molecule has 120 valence electrons. The molecule has 5 heteroatoms. The van der Waals surface area contributed by atoms with Crippen LogP contribution in [0, 0.1) is 6.92 Å². The van der Waals surface area contributed by atoms with Gasteiger partial charge in [0.15, 0.2) is 0 Å². The van der Waals surface area contributed by atoms with Gasteiger partial charge in [-0.15, -0.1) is 0 Å². The summed E-state index contributed by atoms with van der Waals surface area (Å²) in [5.41, 5.74) is 1.62. The van der Waals surface area contributed by atoms with Crippen LogP contribution in [0.15, 0.2) is 23.1 Å². The van der Waals surface area contributed by atoms with Crippen LogP contribution < -0.4 is 0 Å². The van der Waals surface area contributed by atoms with Gasteiger partial charge < -0.3 is 5.11 Å². The lowest BCUT2D eigenvalue weighted by molar-refractivity contribution is 0.253. The summed E-state index contributed by atoms with van der Waals surface area (Å²) in [6, 6.07) is 5.60. The van der Waals surface area contributed by atoms with E-state index in [-0.39, 0.29) is 18.6 Å². The second kappa shape index (κ2) is 6.90. The average Bonchev–Trinajstić information content (AvgIpc) is 2.37. The lowest BCUT2D eigenvalue weighted by Crippen LogP contribution is -2.34. The normalized spacial score (nSPS) is 12.9. The van der Waals surface area contributed by atoms with E-state index in [1.807, 2.05) is 26.0 Å². The van der Waals surface area contributed by atoms with E-state index >= 15 is 0 Å². The highest BCUT2D eigenvalue weighted by atomic mass is 32.2. The third-order valence-electron chi connectivity index (χ3n) is 3.49. The fourth-order valence-corrected chi connectivity index (χ4v) is 3.97. The number of aryl methyl sites for hydroxylation is 1. The Morgan fingerprint density at radius 1 is 1.19 bits per heavy atom. The number of benzene rings is 1. The molecule has 0 heterocycles. The molecule has 0 saturated heterocycles. The molecule has 0 unspecified atom stereocenters. The van der Waals surface area contributed by atoms with Gasteiger partial charge in [0, 0.05) is 13.1 Å². The van der Waals surface area contributed by atoms with Crippen molar-refractivity contribution in [2.75, 3.05) is 19.7 Å². The predicted octanol–water partition coefficient (Wildman–Crippen LogP) is 2.69. The van der Waals surface area contributed by atoms with Crippen LogP contribution in [-0.2, 0) is 15.4 Å². The van der Waals surface area contributed by atoms with Crippen molar-refractivity contribution in [3.05, 3.63) is 29.3 Å². The first-order valence-corrected chi connectivity index (χ1v) is 8.80. The van der Waals surface area contributed by atoms with E-state index in [1.54, 1.807) is 6.07 Å². The third kappa shape index (κ3) is 4.28. The average molecular weight is 313 g/mol. The van der Waals surface area contributed by atoms with Crippen LogP contribution in [0.3, 0.4) is 0 Å². The zero-order valence-corrected chi connectivity index (χ0v) is 14.5. The first kappa shape index (κ1) is 18.1. The van der Waals surface area contributed by atoms with Gasteiger partial charge in [0.05, 0.1) is 11.5 Å². The Bertz CT molecular complexity index is 568. The van der Waals surface area contributed by atoms with Crippen molar-refractivity contribution in [2.45, 2.75) is 51.3 Å². The molecular weight excluding hydrogens is 286 g/mol. The molecule has 0 spiro atoms. The Hall–Kier alpha value is -0.910. The topological polar surface area (TPSA) is 57.6 Å². The van der Waals surface area contributed by atoms with Crippen molar-refractivity contribution in [3.63, 3.8) is 0 Å². The molecule has 1 rings (SSSR count). The smallest absolute Gasteiger partial charge is 0.243 e. The molecule has 0 aliphatic rings. The molecule has 1 aromatic rings. The molecule has 1 aromatic carbocycles. The molecular formula is C16H27NO3S. The minimum Gasteiger partial charge on any atom is -0.395 e.